The topological polar surface area (TPSA) is 76.0 Å². The second-order valence-corrected chi connectivity index (χ2v) is 6.23. The molecule has 1 aromatic carbocycles. The summed E-state index contributed by atoms with van der Waals surface area (Å²) in [7, 11) is 0. The van der Waals surface area contributed by atoms with E-state index in [9.17, 15) is 9.59 Å². The van der Waals surface area contributed by atoms with Crippen LogP contribution < -0.4 is 10.6 Å². The first-order valence-corrected chi connectivity index (χ1v) is 8.14. The summed E-state index contributed by atoms with van der Waals surface area (Å²) in [6.45, 7) is 4.25. The number of aromatic nitrogens is 2. The molecule has 0 unspecified atom stereocenters. The highest BCUT2D eigenvalue weighted by Crippen LogP contribution is 2.13. The summed E-state index contributed by atoms with van der Waals surface area (Å²) >= 11 is 3.32. The van der Waals surface area contributed by atoms with E-state index in [0.29, 0.717) is 11.4 Å². The Hall–Kier alpha value is -2.15. The molecule has 0 atom stereocenters. The van der Waals surface area contributed by atoms with Gasteiger partial charge in [-0.1, -0.05) is 15.9 Å². The van der Waals surface area contributed by atoms with Crippen molar-refractivity contribution in [3.05, 3.63) is 46.6 Å². The average molecular weight is 379 g/mol. The van der Waals surface area contributed by atoms with Crippen LogP contribution in [-0.2, 0) is 4.79 Å². The number of anilines is 1. The highest BCUT2D eigenvalue weighted by molar-refractivity contribution is 9.10. The second-order valence-electron chi connectivity index (χ2n) is 5.32. The molecule has 2 N–H and O–H groups in total. The minimum absolute atomic E-state index is 0.163. The van der Waals surface area contributed by atoms with Crippen molar-refractivity contribution in [1.29, 1.82) is 0 Å². The molecular formula is C16H19BrN4O2. The number of hydrogen-bond donors (Lipinski definition) is 2. The molecule has 0 radical (unpaired) electrons. The zero-order valence-electron chi connectivity index (χ0n) is 13.0. The Morgan fingerprint density at radius 2 is 1.91 bits per heavy atom. The largest absolute Gasteiger partial charge is 0.352 e. The van der Waals surface area contributed by atoms with Crippen molar-refractivity contribution in [3.63, 3.8) is 0 Å². The second kappa shape index (κ2) is 7.92. The Balaban J connectivity index is 1.79. The van der Waals surface area contributed by atoms with E-state index >= 15 is 0 Å². The van der Waals surface area contributed by atoms with Gasteiger partial charge >= 0.3 is 0 Å². The van der Waals surface area contributed by atoms with Crippen LogP contribution >= 0.6 is 15.9 Å². The predicted octanol–water partition coefficient (Wildman–Crippen LogP) is 2.99. The number of carbonyl (C=O) groups is 2. The molecule has 2 rings (SSSR count). The van der Waals surface area contributed by atoms with Gasteiger partial charge in [0.1, 0.15) is 5.82 Å². The number of nitrogens with one attached hydrogen (secondary N) is 2. The van der Waals surface area contributed by atoms with Gasteiger partial charge in [-0.25, -0.2) is 4.68 Å². The molecule has 0 spiro atoms. The summed E-state index contributed by atoms with van der Waals surface area (Å²) in [5, 5.41) is 9.68. The van der Waals surface area contributed by atoms with Gasteiger partial charge in [-0.3, -0.25) is 9.59 Å². The smallest absolute Gasteiger partial charge is 0.251 e. The third-order valence-electron chi connectivity index (χ3n) is 3.17. The molecule has 0 fully saturated rings. The van der Waals surface area contributed by atoms with Crippen molar-refractivity contribution >= 4 is 33.6 Å². The Morgan fingerprint density at radius 1 is 1.22 bits per heavy atom. The van der Waals surface area contributed by atoms with Gasteiger partial charge in [0, 0.05) is 35.1 Å². The van der Waals surface area contributed by atoms with E-state index < -0.39 is 0 Å². The molecule has 0 aliphatic rings. The summed E-state index contributed by atoms with van der Waals surface area (Å²) in [5.74, 6) is 0.297. The summed E-state index contributed by atoms with van der Waals surface area (Å²) in [4.78, 5) is 23.9. The molecule has 2 amide bonds. The van der Waals surface area contributed by atoms with Crippen LogP contribution in [0.1, 0.15) is 36.7 Å². The van der Waals surface area contributed by atoms with Crippen LogP contribution in [0, 0.1) is 0 Å². The third kappa shape index (κ3) is 4.92. The molecule has 0 saturated carbocycles. The lowest BCUT2D eigenvalue weighted by atomic mass is 10.2. The highest BCUT2D eigenvalue weighted by Gasteiger charge is 2.10. The van der Waals surface area contributed by atoms with Gasteiger partial charge in [0.15, 0.2) is 0 Å². The Morgan fingerprint density at radius 3 is 2.57 bits per heavy atom. The first-order chi connectivity index (χ1) is 11.0. The molecule has 0 aliphatic carbocycles. The number of hydrogen-bond acceptors (Lipinski definition) is 3. The van der Waals surface area contributed by atoms with Gasteiger partial charge in [-0.15, -0.1) is 0 Å². The minimum Gasteiger partial charge on any atom is -0.352 e. The van der Waals surface area contributed by atoms with Gasteiger partial charge in [0.2, 0.25) is 5.91 Å². The first-order valence-electron chi connectivity index (χ1n) is 7.34. The van der Waals surface area contributed by atoms with E-state index in [1.54, 1.807) is 41.2 Å². The lowest BCUT2D eigenvalue weighted by molar-refractivity contribution is -0.116. The molecule has 6 nitrogen and oxygen atoms in total. The normalized spacial score (nSPS) is 10.6. The zero-order valence-corrected chi connectivity index (χ0v) is 14.6. The van der Waals surface area contributed by atoms with Gasteiger partial charge in [0.25, 0.3) is 5.91 Å². The summed E-state index contributed by atoms with van der Waals surface area (Å²) < 4.78 is 2.65. The van der Waals surface area contributed by atoms with Crippen molar-refractivity contribution in [3.8, 4) is 0 Å². The van der Waals surface area contributed by atoms with Crippen molar-refractivity contribution in [1.82, 2.24) is 15.1 Å². The van der Waals surface area contributed by atoms with E-state index in [1.165, 1.54) is 0 Å². The molecule has 7 heteroatoms. The Bertz CT molecular complexity index is 680. The van der Waals surface area contributed by atoms with E-state index in [0.717, 1.165) is 4.47 Å². The average Bonchev–Trinajstić information content (AvgIpc) is 2.96. The van der Waals surface area contributed by atoms with E-state index in [2.05, 4.69) is 31.7 Å². The SMILES string of the molecule is CC(C)n1nccc1NC(=O)CCNC(=O)c1ccc(Br)cc1. The fourth-order valence-electron chi connectivity index (χ4n) is 2.02. The maximum atomic E-state index is 11.9. The molecule has 1 heterocycles. The van der Waals surface area contributed by atoms with Crippen molar-refractivity contribution in [2.24, 2.45) is 0 Å². The lowest BCUT2D eigenvalue weighted by Gasteiger charge is -2.12. The van der Waals surface area contributed by atoms with Crippen LogP contribution in [-0.4, -0.2) is 28.1 Å². The Labute approximate surface area is 143 Å². The molecule has 0 aliphatic heterocycles. The van der Waals surface area contributed by atoms with Crippen LogP contribution in [0.5, 0.6) is 0 Å². The van der Waals surface area contributed by atoms with Gasteiger partial charge in [0.05, 0.1) is 6.20 Å². The lowest BCUT2D eigenvalue weighted by Crippen LogP contribution is -2.28. The fourth-order valence-corrected chi connectivity index (χ4v) is 2.29. The van der Waals surface area contributed by atoms with Gasteiger partial charge in [-0.2, -0.15) is 5.10 Å². The van der Waals surface area contributed by atoms with Crippen molar-refractivity contribution in [2.75, 3.05) is 11.9 Å². The number of halogens is 1. The summed E-state index contributed by atoms with van der Waals surface area (Å²) in [5.41, 5.74) is 0.562. The summed E-state index contributed by atoms with van der Waals surface area (Å²) in [6, 6.07) is 8.96. The van der Waals surface area contributed by atoms with Crippen molar-refractivity contribution < 1.29 is 9.59 Å². The van der Waals surface area contributed by atoms with E-state index in [-0.39, 0.29) is 30.8 Å². The minimum atomic E-state index is -0.197. The number of carbonyl (C=O) groups excluding carboxylic acids is 2. The predicted molar refractivity (Wildman–Crippen MR) is 92.3 cm³/mol. The molecule has 0 bridgehead atoms. The maximum absolute atomic E-state index is 11.9. The van der Waals surface area contributed by atoms with Crippen LogP contribution in [0.3, 0.4) is 0 Å². The maximum Gasteiger partial charge on any atom is 0.251 e. The number of amides is 2. The van der Waals surface area contributed by atoms with E-state index in [4.69, 9.17) is 0 Å². The number of rotatable bonds is 6. The van der Waals surface area contributed by atoms with Gasteiger partial charge in [-0.05, 0) is 38.1 Å². The molecule has 2 aromatic rings. The quantitative estimate of drug-likeness (QED) is 0.810. The van der Waals surface area contributed by atoms with Crippen LogP contribution in [0.25, 0.3) is 0 Å². The zero-order chi connectivity index (χ0) is 16.8. The molecule has 0 saturated heterocycles. The monoisotopic (exact) mass is 378 g/mol. The molecule has 1 aromatic heterocycles. The van der Waals surface area contributed by atoms with Gasteiger partial charge < -0.3 is 10.6 Å². The standard InChI is InChI=1S/C16H19BrN4O2/c1-11(2)21-14(7-10-19-21)20-15(22)8-9-18-16(23)12-3-5-13(17)6-4-12/h3-7,10-11H,8-9H2,1-2H3,(H,18,23)(H,20,22). The molecular weight excluding hydrogens is 360 g/mol. The van der Waals surface area contributed by atoms with Crippen LogP contribution in [0.15, 0.2) is 41.0 Å². The third-order valence-corrected chi connectivity index (χ3v) is 3.70. The van der Waals surface area contributed by atoms with Crippen LogP contribution in [0.4, 0.5) is 5.82 Å². The number of nitrogens with zero attached hydrogens (tertiary/aromatic N) is 2. The number of benzene rings is 1. The van der Waals surface area contributed by atoms with Crippen molar-refractivity contribution in [2.45, 2.75) is 26.3 Å². The molecule has 122 valence electrons. The van der Waals surface area contributed by atoms with Crippen LogP contribution in [0.2, 0.25) is 0 Å². The Kier molecular flexibility index (Phi) is 5.92. The fraction of sp³-hybridized carbons (Fsp3) is 0.312. The molecule has 23 heavy (non-hydrogen) atoms. The van der Waals surface area contributed by atoms with E-state index in [1.807, 2.05) is 13.8 Å². The summed E-state index contributed by atoms with van der Waals surface area (Å²) in [6.07, 6.45) is 1.84. The first kappa shape index (κ1) is 17.2. The highest BCUT2D eigenvalue weighted by atomic mass is 79.9.